The number of nitrogens with zero attached hydrogens (tertiary/aromatic N) is 3. The van der Waals surface area contributed by atoms with Gasteiger partial charge in [0.05, 0.1) is 31.0 Å². The van der Waals surface area contributed by atoms with Gasteiger partial charge in [0.15, 0.2) is 26.9 Å². The minimum atomic E-state index is -4.43. The van der Waals surface area contributed by atoms with Gasteiger partial charge in [-0.25, -0.2) is 18.2 Å². The van der Waals surface area contributed by atoms with Crippen molar-refractivity contribution in [1.82, 2.24) is 14.6 Å². The minimum absolute atomic E-state index is 0.0492. The topological polar surface area (TPSA) is 186 Å². The van der Waals surface area contributed by atoms with Gasteiger partial charge < -0.3 is 29.6 Å². The van der Waals surface area contributed by atoms with E-state index in [1.165, 1.54) is 46.6 Å². The zero-order valence-corrected chi connectivity index (χ0v) is 36.7. The molecule has 2 amide bonds. The summed E-state index contributed by atoms with van der Waals surface area (Å²) in [6, 6.07) is 25.6. The van der Waals surface area contributed by atoms with Gasteiger partial charge in [-0.2, -0.15) is 9.57 Å². The lowest BCUT2D eigenvalue weighted by Crippen LogP contribution is -2.56. The predicted molar refractivity (Wildman–Crippen MR) is 235 cm³/mol. The van der Waals surface area contributed by atoms with Crippen LogP contribution in [0.3, 0.4) is 0 Å². The maximum Gasteiger partial charge on any atom is 0.328 e. The number of amides is 2. The van der Waals surface area contributed by atoms with Crippen LogP contribution in [-0.2, 0) is 48.5 Å². The van der Waals surface area contributed by atoms with Crippen LogP contribution in [0, 0.1) is 24.2 Å². The first kappa shape index (κ1) is 43.4. The molecule has 4 aromatic carbocycles. The molecule has 1 aliphatic carbocycles. The molecule has 0 spiro atoms. The monoisotopic (exact) mass is 889 g/mol. The number of fused-ring (bicyclic) bond motifs is 2. The fourth-order valence-electron chi connectivity index (χ4n) is 8.28. The molecule has 0 saturated heterocycles. The fourth-order valence-corrected chi connectivity index (χ4v) is 11.4. The molecule has 3 aliphatic rings. The Bertz CT molecular complexity index is 2660. The Morgan fingerprint density at radius 2 is 1.65 bits per heavy atom. The van der Waals surface area contributed by atoms with Gasteiger partial charge in [-0.05, 0) is 102 Å². The van der Waals surface area contributed by atoms with Crippen molar-refractivity contribution in [3.63, 3.8) is 0 Å². The number of nitrogens with one attached hydrogen (secondary N) is 2. The number of nitriles is 1. The number of anilines is 1. The minimum Gasteiger partial charge on any atom is -0.493 e. The number of thiazole rings is 1. The summed E-state index contributed by atoms with van der Waals surface area (Å²) in [6.07, 6.45) is 4.49. The van der Waals surface area contributed by atoms with Crippen molar-refractivity contribution >= 4 is 44.3 Å². The molecule has 63 heavy (non-hydrogen) atoms. The van der Waals surface area contributed by atoms with E-state index in [0.717, 1.165) is 43.6 Å². The van der Waals surface area contributed by atoms with E-state index in [2.05, 4.69) is 21.7 Å². The molecule has 0 radical (unpaired) electrons. The van der Waals surface area contributed by atoms with Crippen molar-refractivity contribution in [2.24, 2.45) is 5.92 Å². The Labute approximate surface area is 370 Å². The van der Waals surface area contributed by atoms with Gasteiger partial charge >= 0.3 is 5.97 Å². The lowest BCUT2D eigenvalue weighted by atomic mass is 9.93. The van der Waals surface area contributed by atoms with Gasteiger partial charge in [0.2, 0.25) is 11.8 Å². The molecule has 326 valence electrons. The van der Waals surface area contributed by atoms with Crippen molar-refractivity contribution < 1.29 is 41.7 Å². The third kappa shape index (κ3) is 9.70. The summed E-state index contributed by atoms with van der Waals surface area (Å²) in [5.74, 6) is 0.469. The Balaban J connectivity index is 1.04. The van der Waals surface area contributed by atoms with E-state index < -0.39 is 46.0 Å². The zero-order valence-electron chi connectivity index (χ0n) is 35.1. The fraction of sp³-hybridized carbons (Fsp3) is 0.340. The molecule has 1 saturated carbocycles. The average Bonchev–Trinajstić information content (AvgIpc) is 3.96. The number of hydrogen-bond acceptors (Lipinski definition) is 12. The van der Waals surface area contributed by atoms with E-state index in [0.29, 0.717) is 40.7 Å². The summed E-state index contributed by atoms with van der Waals surface area (Å²) in [4.78, 5) is 43.9. The first-order valence-corrected chi connectivity index (χ1v) is 23.1. The predicted octanol–water partition coefficient (Wildman–Crippen LogP) is 7.05. The summed E-state index contributed by atoms with van der Waals surface area (Å²) in [7, 11) is -3.21. The first-order valence-electron chi connectivity index (χ1n) is 20.8. The molecule has 0 bridgehead atoms. The summed E-state index contributed by atoms with van der Waals surface area (Å²) < 4.78 is 54.2. The van der Waals surface area contributed by atoms with Crippen LogP contribution in [0.5, 0.6) is 17.2 Å². The number of benzene rings is 4. The molecule has 1 fully saturated rings. The average molecular weight is 890 g/mol. The second-order valence-corrected chi connectivity index (χ2v) is 19.1. The molecular weight excluding hydrogens is 843 g/mol. The number of rotatable bonds is 13. The number of aromatic nitrogens is 1. The molecule has 3 atom stereocenters. The molecule has 16 heteroatoms. The number of carbonyl (C=O) groups is 3. The number of carbonyl (C=O) groups excluding carboxylic acids is 3. The van der Waals surface area contributed by atoms with Crippen LogP contribution in [-0.4, -0.2) is 67.9 Å². The Morgan fingerprint density at radius 1 is 0.968 bits per heavy atom. The molecule has 2 aliphatic heterocycles. The van der Waals surface area contributed by atoms with Gasteiger partial charge in [-0.15, -0.1) is 0 Å². The molecule has 1 unspecified atom stereocenters. The first-order chi connectivity index (χ1) is 30.4. The summed E-state index contributed by atoms with van der Waals surface area (Å²) >= 11 is 0.793. The lowest BCUT2D eigenvalue weighted by molar-refractivity contribution is -0.145. The van der Waals surface area contributed by atoms with E-state index in [1.54, 1.807) is 24.3 Å². The lowest BCUT2D eigenvalue weighted by Gasteiger charge is -2.36. The van der Waals surface area contributed by atoms with Gasteiger partial charge in [0.1, 0.15) is 24.4 Å². The second-order valence-electron chi connectivity index (χ2n) is 16.0. The van der Waals surface area contributed by atoms with E-state index >= 15 is 0 Å². The van der Waals surface area contributed by atoms with Crippen LogP contribution in [0.15, 0.2) is 89.1 Å². The van der Waals surface area contributed by atoms with E-state index in [9.17, 15) is 22.8 Å². The molecule has 8 rings (SSSR count). The maximum atomic E-state index is 14.7. The normalized spacial score (nSPS) is 17.8. The molecule has 14 nitrogen and oxygen atoms in total. The third-order valence-electron chi connectivity index (χ3n) is 11.7. The largest absolute Gasteiger partial charge is 0.493 e. The Kier molecular flexibility index (Phi) is 12.8. The number of ether oxygens (including phenoxy) is 4. The smallest absolute Gasteiger partial charge is 0.328 e. The van der Waals surface area contributed by atoms with Crippen LogP contribution >= 0.6 is 11.3 Å². The Morgan fingerprint density at radius 3 is 2.32 bits per heavy atom. The van der Waals surface area contributed by atoms with Crippen LogP contribution in [0.25, 0.3) is 11.1 Å². The molecule has 2 N–H and O–H groups in total. The van der Waals surface area contributed by atoms with E-state index in [-0.39, 0.29) is 41.0 Å². The molecule has 5 aromatic rings. The van der Waals surface area contributed by atoms with Crippen LogP contribution in [0.2, 0.25) is 0 Å². The SMILES string of the molecule is COC(=O)[C@H](Cc1ccc(-c2ccc(C#N)cc2)cc1)NC(=O)C1Cc2cc3c(cc2CN1S(=O)(=O)c1sc(NC(C)=O)nc1C)O[C@@H](c1ccc(OCC2CCCC2)cc1)CO3. The van der Waals surface area contributed by atoms with Crippen LogP contribution in [0.4, 0.5) is 5.13 Å². The van der Waals surface area contributed by atoms with Crippen LogP contribution < -0.4 is 24.8 Å². The number of hydrogen-bond donors (Lipinski definition) is 2. The van der Waals surface area contributed by atoms with Crippen molar-refractivity contribution in [3.05, 3.63) is 118 Å². The van der Waals surface area contributed by atoms with Gasteiger partial charge in [-0.1, -0.05) is 72.7 Å². The molecule has 3 heterocycles. The van der Waals surface area contributed by atoms with Gasteiger partial charge in [0, 0.05) is 19.9 Å². The molecule has 1 aromatic heterocycles. The summed E-state index contributed by atoms with van der Waals surface area (Å²) in [5, 5.41) is 14.6. The summed E-state index contributed by atoms with van der Waals surface area (Å²) in [6.45, 7) is 3.55. The Hall–Kier alpha value is -6.28. The number of esters is 1. The highest BCUT2D eigenvalue weighted by Gasteiger charge is 2.43. The van der Waals surface area contributed by atoms with E-state index in [4.69, 9.17) is 24.2 Å². The zero-order chi connectivity index (χ0) is 44.3. The maximum absolute atomic E-state index is 14.7. The number of methoxy groups -OCH3 is 1. The third-order valence-corrected chi connectivity index (χ3v) is 15.2. The van der Waals surface area contributed by atoms with Crippen molar-refractivity contribution in [3.8, 4) is 34.4 Å². The van der Waals surface area contributed by atoms with Crippen molar-refractivity contribution in [2.45, 2.75) is 81.3 Å². The van der Waals surface area contributed by atoms with Crippen molar-refractivity contribution in [2.75, 3.05) is 25.6 Å². The highest BCUT2D eigenvalue weighted by molar-refractivity contribution is 7.91. The second kappa shape index (κ2) is 18.6. The quantitative estimate of drug-likeness (QED) is 0.116. The van der Waals surface area contributed by atoms with Gasteiger partial charge in [-0.3, -0.25) is 9.59 Å². The molecular formula is C47H47N5O9S2. The highest BCUT2D eigenvalue weighted by atomic mass is 32.2. The van der Waals surface area contributed by atoms with Crippen LogP contribution in [0.1, 0.15) is 72.2 Å². The summed E-state index contributed by atoms with van der Waals surface area (Å²) in [5.41, 5.74) is 5.40. The van der Waals surface area contributed by atoms with E-state index in [1.807, 2.05) is 60.7 Å². The number of aryl methyl sites for hydroxylation is 1. The highest BCUT2D eigenvalue weighted by Crippen LogP contribution is 2.42. The van der Waals surface area contributed by atoms with Gasteiger partial charge in [0.25, 0.3) is 10.0 Å². The number of sulfonamides is 1. The standard InChI is InChI=1S/C47H47N5O9S2/c1-28-46(62-47(49-28)50-29(2)53)63(56,57)52-25-37-23-42-41(60-27-43(61-42)35-16-18-38(19-17-35)59-26-32-6-4-5-7-32)22-36(37)21-40(52)44(54)51-39(45(55)58-3)20-30-8-12-33(13-9-30)34-14-10-31(24-48)11-15-34/h8-19,22-23,32,39-40,43H,4-7,20-21,25-27H2,1-3H3,(H,51,54)(H,49,50,53)/t39-,40?,43+/m0/s1. The van der Waals surface area contributed by atoms with Crippen molar-refractivity contribution in [1.29, 1.82) is 5.26 Å².